The highest BCUT2D eigenvalue weighted by molar-refractivity contribution is 14.1. The van der Waals surface area contributed by atoms with Crippen LogP contribution in [0.5, 0.6) is 0 Å². The Labute approximate surface area is 187 Å². The van der Waals surface area contributed by atoms with Gasteiger partial charge < -0.3 is 16.4 Å². The van der Waals surface area contributed by atoms with Crippen molar-refractivity contribution in [1.29, 1.82) is 0 Å². The Balaban J connectivity index is 1.91. The van der Waals surface area contributed by atoms with Crippen molar-refractivity contribution >= 4 is 39.7 Å². The van der Waals surface area contributed by atoms with Gasteiger partial charge in [-0.3, -0.25) is 0 Å². The van der Waals surface area contributed by atoms with Crippen LogP contribution in [0.1, 0.15) is 49.8 Å². The Hall–Kier alpha value is -2.21. The third-order valence-corrected chi connectivity index (χ3v) is 6.57. The predicted octanol–water partition coefficient (Wildman–Crippen LogP) is 6.61. The molecule has 0 saturated carbocycles. The molecule has 4 N–H and O–H groups in total. The van der Waals surface area contributed by atoms with E-state index in [9.17, 15) is 0 Å². The van der Waals surface area contributed by atoms with Gasteiger partial charge in [0.05, 0.1) is 6.04 Å². The van der Waals surface area contributed by atoms with Gasteiger partial charge in [0.15, 0.2) is 0 Å². The topological polar surface area (TPSA) is 55.3 Å². The fourth-order valence-corrected chi connectivity index (χ4v) is 5.33. The van der Waals surface area contributed by atoms with Crippen molar-refractivity contribution in [2.45, 2.75) is 38.6 Å². The van der Waals surface area contributed by atoms with Gasteiger partial charge >= 0.3 is 0 Å². The summed E-state index contributed by atoms with van der Waals surface area (Å²) in [6, 6.07) is 21.4. The monoisotopic (exact) mass is 497 g/mol. The van der Waals surface area contributed by atoms with Gasteiger partial charge in [-0.2, -0.15) is 0 Å². The van der Waals surface area contributed by atoms with Crippen LogP contribution in [0.15, 0.2) is 60.7 Å². The van der Waals surface area contributed by atoms with E-state index in [1.165, 1.54) is 57.2 Å². The van der Waals surface area contributed by atoms with Crippen molar-refractivity contribution in [2.24, 2.45) is 0 Å². The fraction of sp³-hybridized carbons (Fsp3) is 0.280. The van der Waals surface area contributed by atoms with E-state index >= 15 is 0 Å². The van der Waals surface area contributed by atoms with Gasteiger partial charge in [-0.25, -0.2) is 0 Å². The number of fused-ring (bicyclic) bond motifs is 3. The molecule has 29 heavy (non-hydrogen) atoms. The molecule has 1 atom stereocenters. The number of hydrogen-bond donors (Lipinski definition) is 2. The van der Waals surface area contributed by atoms with Gasteiger partial charge in [0.25, 0.3) is 0 Å². The summed E-state index contributed by atoms with van der Waals surface area (Å²) in [5.41, 5.74) is 20.5. The largest absolute Gasteiger partial charge is 0.399 e. The maximum atomic E-state index is 6.30. The zero-order valence-corrected chi connectivity index (χ0v) is 19.0. The SMILES string of the molecule is CCCCCCN1c2cc(N)cc(I)c2-c2ccc(N)cc2C1c1ccccc1. The third kappa shape index (κ3) is 3.95. The second-order valence-corrected chi connectivity index (χ2v) is 8.97. The summed E-state index contributed by atoms with van der Waals surface area (Å²) in [6.07, 6.45) is 4.92. The highest BCUT2D eigenvalue weighted by Gasteiger charge is 2.33. The number of nitrogen functional groups attached to an aromatic ring is 2. The molecule has 0 amide bonds. The molecule has 0 fully saturated rings. The first-order valence-corrected chi connectivity index (χ1v) is 11.5. The van der Waals surface area contributed by atoms with E-state index in [1.807, 2.05) is 6.07 Å². The maximum absolute atomic E-state index is 6.30. The van der Waals surface area contributed by atoms with Crippen LogP contribution in [0.4, 0.5) is 17.1 Å². The summed E-state index contributed by atoms with van der Waals surface area (Å²) in [5, 5.41) is 0. The lowest BCUT2D eigenvalue weighted by Gasteiger charge is -2.41. The van der Waals surface area contributed by atoms with Crippen LogP contribution in [0.2, 0.25) is 0 Å². The molecule has 0 bridgehead atoms. The van der Waals surface area contributed by atoms with Crippen molar-refractivity contribution in [3.63, 3.8) is 0 Å². The quantitative estimate of drug-likeness (QED) is 0.229. The normalized spacial score (nSPS) is 15.1. The molecule has 1 heterocycles. The van der Waals surface area contributed by atoms with Gasteiger partial charge in [-0.1, -0.05) is 62.6 Å². The van der Waals surface area contributed by atoms with Gasteiger partial charge in [0.2, 0.25) is 0 Å². The lowest BCUT2D eigenvalue weighted by atomic mass is 9.84. The van der Waals surface area contributed by atoms with Crippen LogP contribution >= 0.6 is 22.6 Å². The Morgan fingerprint density at radius 1 is 0.897 bits per heavy atom. The average molecular weight is 497 g/mol. The molecule has 4 heteroatoms. The first-order chi connectivity index (χ1) is 14.1. The van der Waals surface area contributed by atoms with E-state index in [4.69, 9.17) is 11.5 Å². The molecular weight excluding hydrogens is 469 g/mol. The van der Waals surface area contributed by atoms with Gasteiger partial charge in [0.1, 0.15) is 0 Å². The smallest absolute Gasteiger partial charge is 0.0802 e. The van der Waals surface area contributed by atoms with Crippen LogP contribution < -0.4 is 16.4 Å². The molecule has 0 radical (unpaired) electrons. The lowest BCUT2D eigenvalue weighted by Crippen LogP contribution is -2.34. The Morgan fingerprint density at radius 3 is 2.45 bits per heavy atom. The second kappa shape index (κ2) is 8.66. The molecule has 3 aromatic rings. The van der Waals surface area contributed by atoms with Crippen LogP contribution in [0.3, 0.4) is 0 Å². The summed E-state index contributed by atoms with van der Waals surface area (Å²) in [6.45, 7) is 3.26. The molecule has 3 aromatic carbocycles. The highest BCUT2D eigenvalue weighted by atomic mass is 127. The first-order valence-electron chi connectivity index (χ1n) is 10.4. The fourth-order valence-electron chi connectivity index (χ4n) is 4.40. The number of nitrogens with zero attached hydrogens (tertiary/aromatic N) is 1. The molecule has 1 unspecified atom stereocenters. The molecule has 150 valence electrons. The molecule has 3 nitrogen and oxygen atoms in total. The zero-order chi connectivity index (χ0) is 20.4. The van der Waals surface area contributed by atoms with Crippen LogP contribution in [-0.4, -0.2) is 6.54 Å². The summed E-state index contributed by atoms with van der Waals surface area (Å²) in [4.78, 5) is 2.54. The van der Waals surface area contributed by atoms with Gasteiger partial charge in [-0.05, 0) is 70.0 Å². The summed E-state index contributed by atoms with van der Waals surface area (Å²) in [5.74, 6) is 0. The second-order valence-electron chi connectivity index (χ2n) is 7.81. The molecule has 0 spiro atoms. The van der Waals surface area contributed by atoms with Gasteiger partial charge in [0, 0.05) is 32.7 Å². The van der Waals surface area contributed by atoms with E-state index in [0.717, 1.165) is 17.9 Å². The van der Waals surface area contributed by atoms with Crippen molar-refractivity contribution in [3.05, 3.63) is 75.4 Å². The number of nitrogens with two attached hydrogens (primary N) is 2. The maximum Gasteiger partial charge on any atom is 0.0802 e. The van der Waals surface area contributed by atoms with Gasteiger partial charge in [-0.15, -0.1) is 0 Å². The predicted molar refractivity (Wildman–Crippen MR) is 133 cm³/mol. The summed E-state index contributed by atoms with van der Waals surface area (Å²) < 4.78 is 1.19. The number of hydrogen-bond acceptors (Lipinski definition) is 3. The minimum Gasteiger partial charge on any atom is -0.399 e. The first kappa shape index (κ1) is 20.1. The number of unbranched alkanes of at least 4 members (excludes halogenated alkanes) is 3. The van der Waals surface area contributed by atoms with Crippen LogP contribution in [-0.2, 0) is 0 Å². The molecular formula is C25H28IN3. The third-order valence-electron chi connectivity index (χ3n) is 5.72. The van der Waals surface area contributed by atoms with E-state index in [0.29, 0.717) is 0 Å². The average Bonchev–Trinajstić information content (AvgIpc) is 2.71. The molecule has 0 aliphatic carbocycles. The highest BCUT2D eigenvalue weighted by Crippen LogP contribution is 2.50. The van der Waals surface area contributed by atoms with E-state index in [-0.39, 0.29) is 6.04 Å². The zero-order valence-electron chi connectivity index (χ0n) is 16.9. The summed E-state index contributed by atoms with van der Waals surface area (Å²) in [7, 11) is 0. The molecule has 4 rings (SSSR count). The van der Waals surface area contributed by atoms with E-state index in [2.05, 4.69) is 89.0 Å². The lowest BCUT2D eigenvalue weighted by molar-refractivity contribution is 0.613. The van der Waals surface area contributed by atoms with Crippen molar-refractivity contribution in [3.8, 4) is 11.1 Å². The molecule has 1 aliphatic heterocycles. The molecule has 0 saturated heterocycles. The number of anilines is 3. The van der Waals surface area contributed by atoms with E-state index < -0.39 is 0 Å². The van der Waals surface area contributed by atoms with Crippen molar-refractivity contribution < 1.29 is 0 Å². The number of halogens is 1. The minimum absolute atomic E-state index is 0.140. The van der Waals surface area contributed by atoms with Crippen LogP contribution in [0, 0.1) is 3.57 Å². The Kier molecular flexibility index (Phi) is 5.99. The standard InChI is InChI=1S/C25H28IN3/c1-2-3-4-8-13-29-23-16-19(28)15-22(26)24(23)20-12-11-18(27)14-21(20)25(29)17-9-6-5-7-10-17/h5-7,9-12,14-16,25H,2-4,8,13,27-28H2,1H3. The minimum atomic E-state index is 0.140. The molecule has 0 aromatic heterocycles. The number of rotatable bonds is 6. The molecule has 1 aliphatic rings. The summed E-state index contributed by atoms with van der Waals surface area (Å²) >= 11 is 2.42. The van der Waals surface area contributed by atoms with Crippen LogP contribution in [0.25, 0.3) is 11.1 Å². The van der Waals surface area contributed by atoms with E-state index in [1.54, 1.807) is 0 Å². The Morgan fingerprint density at radius 2 is 1.69 bits per heavy atom. The van der Waals surface area contributed by atoms with Crippen molar-refractivity contribution in [1.82, 2.24) is 0 Å². The Bertz CT molecular complexity index is 1000. The van der Waals surface area contributed by atoms with Crippen molar-refractivity contribution in [2.75, 3.05) is 22.9 Å². The number of benzene rings is 3.